The van der Waals surface area contributed by atoms with Crippen molar-refractivity contribution in [1.29, 1.82) is 0 Å². The number of nitrogens with zero attached hydrogens (tertiary/aromatic N) is 4. The number of piperazine rings is 1. The van der Waals surface area contributed by atoms with E-state index in [-0.39, 0.29) is 5.91 Å². The lowest BCUT2D eigenvalue weighted by Crippen LogP contribution is -2.49. The molecule has 1 aliphatic heterocycles. The van der Waals surface area contributed by atoms with Crippen LogP contribution >= 0.6 is 0 Å². The number of amides is 1. The van der Waals surface area contributed by atoms with Gasteiger partial charge in [-0.15, -0.1) is 0 Å². The fourth-order valence-corrected chi connectivity index (χ4v) is 3.65. The predicted molar refractivity (Wildman–Crippen MR) is 117 cm³/mol. The molecule has 6 nitrogen and oxygen atoms in total. The Morgan fingerprint density at radius 2 is 1.72 bits per heavy atom. The van der Waals surface area contributed by atoms with E-state index in [1.807, 2.05) is 43.6 Å². The fourth-order valence-electron chi connectivity index (χ4n) is 3.65. The van der Waals surface area contributed by atoms with Crippen molar-refractivity contribution in [3.63, 3.8) is 0 Å². The Labute approximate surface area is 171 Å². The van der Waals surface area contributed by atoms with Gasteiger partial charge in [-0.1, -0.05) is 35.9 Å². The lowest BCUT2D eigenvalue weighted by molar-refractivity contribution is -0.117. The summed E-state index contributed by atoms with van der Waals surface area (Å²) < 4.78 is 2.12. The van der Waals surface area contributed by atoms with Gasteiger partial charge < -0.3 is 10.2 Å². The molecule has 1 amide bonds. The number of rotatable bonds is 5. The third kappa shape index (κ3) is 4.49. The predicted octanol–water partition coefficient (Wildman–Crippen LogP) is 3.25. The summed E-state index contributed by atoms with van der Waals surface area (Å²) >= 11 is 0. The molecule has 6 heteroatoms. The molecule has 0 aliphatic carbocycles. The molecule has 0 radical (unpaired) electrons. The second-order valence-electron chi connectivity index (χ2n) is 7.56. The molecule has 2 heterocycles. The average Bonchev–Trinajstić information content (AvgIpc) is 3.21. The van der Waals surface area contributed by atoms with Gasteiger partial charge >= 0.3 is 0 Å². The molecule has 1 saturated heterocycles. The van der Waals surface area contributed by atoms with E-state index in [2.05, 4.69) is 55.9 Å². The molecule has 29 heavy (non-hydrogen) atoms. The first-order chi connectivity index (χ1) is 14.1. The highest BCUT2D eigenvalue weighted by Gasteiger charge is 2.22. The monoisotopic (exact) mass is 389 g/mol. The summed E-state index contributed by atoms with van der Waals surface area (Å²) in [6, 6.07) is 16.3. The SMILES string of the molecule is Cc1ccc(-n2ccnc2N2CCN(CC(=O)Nc3ccccc3C)CC2)cc1. The molecular formula is C23H27N5O. The van der Waals surface area contributed by atoms with Gasteiger partial charge in [-0.05, 0) is 37.6 Å². The smallest absolute Gasteiger partial charge is 0.238 e. The Hall–Kier alpha value is -3.12. The molecule has 2 aromatic carbocycles. The van der Waals surface area contributed by atoms with Gasteiger partial charge in [0.15, 0.2) is 0 Å². The van der Waals surface area contributed by atoms with Crippen molar-refractivity contribution in [2.45, 2.75) is 13.8 Å². The van der Waals surface area contributed by atoms with Crippen LogP contribution in [-0.2, 0) is 4.79 Å². The number of benzene rings is 2. The molecule has 1 aliphatic rings. The van der Waals surface area contributed by atoms with Gasteiger partial charge in [0.1, 0.15) is 0 Å². The van der Waals surface area contributed by atoms with E-state index in [0.29, 0.717) is 6.54 Å². The molecule has 0 unspecified atom stereocenters. The van der Waals surface area contributed by atoms with Gasteiger partial charge in [-0.25, -0.2) is 4.98 Å². The third-order valence-corrected chi connectivity index (χ3v) is 5.37. The number of carbonyl (C=O) groups excluding carboxylic acids is 1. The lowest BCUT2D eigenvalue weighted by atomic mass is 10.2. The summed E-state index contributed by atoms with van der Waals surface area (Å²) in [5, 5.41) is 3.02. The molecule has 1 aromatic heterocycles. The Morgan fingerprint density at radius 3 is 2.45 bits per heavy atom. The van der Waals surface area contributed by atoms with Crippen LogP contribution in [-0.4, -0.2) is 53.1 Å². The molecule has 1 fully saturated rings. The van der Waals surface area contributed by atoms with Gasteiger partial charge in [0.25, 0.3) is 0 Å². The number of aryl methyl sites for hydroxylation is 2. The van der Waals surface area contributed by atoms with Crippen LogP contribution in [0, 0.1) is 13.8 Å². The van der Waals surface area contributed by atoms with Crippen LogP contribution in [0.3, 0.4) is 0 Å². The van der Waals surface area contributed by atoms with Crippen LogP contribution in [0.15, 0.2) is 60.9 Å². The molecule has 0 spiro atoms. The van der Waals surface area contributed by atoms with E-state index in [9.17, 15) is 4.79 Å². The van der Waals surface area contributed by atoms with Crippen molar-refractivity contribution in [3.8, 4) is 5.69 Å². The molecule has 0 saturated carbocycles. The van der Waals surface area contributed by atoms with Crippen molar-refractivity contribution < 1.29 is 4.79 Å². The Morgan fingerprint density at radius 1 is 1.00 bits per heavy atom. The summed E-state index contributed by atoms with van der Waals surface area (Å²) in [6.45, 7) is 7.87. The molecule has 0 atom stereocenters. The Bertz CT molecular complexity index is 971. The molecule has 4 rings (SSSR count). The van der Waals surface area contributed by atoms with Crippen LogP contribution in [0.4, 0.5) is 11.6 Å². The first-order valence-electron chi connectivity index (χ1n) is 10.0. The number of hydrogen-bond donors (Lipinski definition) is 1. The highest BCUT2D eigenvalue weighted by molar-refractivity contribution is 5.92. The summed E-state index contributed by atoms with van der Waals surface area (Å²) in [7, 11) is 0. The summed E-state index contributed by atoms with van der Waals surface area (Å²) in [5.74, 6) is 0.992. The third-order valence-electron chi connectivity index (χ3n) is 5.37. The first kappa shape index (κ1) is 19.2. The van der Waals surface area contributed by atoms with Crippen molar-refractivity contribution in [2.75, 3.05) is 42.9 Å². The number of carbonyl (C=O) groups is 1. The minimum absolute atomic E-state index is 0.0360. The summed E-state index contributed by atoms with van der Waals surface area (Å²) in [4.78, 5) is 21.5. The molecule has 1 N–H and O–H groups in total. The van der Waals surface area contributed by atoms with Gasteiger partial charge in [0.05, 0.1) is 6.54 Å². The second-order valence-corrected chi connectivity index (χ2v) is 7.56. The zero-order valence-corrected chi connectivity index (χ0v) is 17.0. The number of hydrogen-bond acceptors (Lipinski definition) is 4. The van der Waals surface area contributed by atoms with E-state index in [4.69, 9.17) is 0 Å². The summed E-state index contributed by atoms with van der Waals surface area (Å²) in [6.07, 6.45) is 3.85. The van der Waals surface area contributed by atoms with E-state index < -0.39 is 0 Å². The number of nitrogens with one attached hydrogen (secondary N) is 1. The van der Waals surface area contributed by atoms with Gasteiger partial charge in [-0.3, -0.25) is 14.3 Å². The van der Waals surface area contributed by atoms with Gasteiger partial charge in [-0.2, -0.15) is 0 Å². The molecule has 0 bridgehead atoms. The van der Waals surface area contributed by atoms with E-state index >= 15 is 0 Å². The van der Waals surface area contributed by atoms with Crippen molar-refractivity contribution in [2.24, 2.45) is 0 Å². The first-order valence-corrected chi connectivity index (χ1v) is 10.0. The normalized spacial score (nSPS) is 14.8. The topological polar surface area (TPSA) is 53.4 Å². The number of para-hydroxylation sites is 1. The second kappa shape index (κ2) is 8.49. The van der Waals surface area contributed by atoms with Crippen LogP contribution in [0.25, 0.3) is 5.69 Å². The maximum atomic E-state index is 12.4. The molecular weight excluding hydrogens is 362 g/mol. The van der Waals surface area contributed by atoms with Crippen molar-refractivity contribution >= 4 is 17.5 Å². The zero-order chi connectivity index (χ0) is 20.2. The lowest BCUT2D eigenvalue weighted by Gasteiger charge is -2.35. The fraction of sp³-hybridized carbons (Fsp3) is 0.304. The maximum absolute atomic E-state index is 12.4. The van der Waals surface area contributed by atoms with E-state index in [0.717, 1.165) is 49.1 Å². The average molecular weight is 390 g/mol. The molecule has 150 valence electrons. The van der Waals surface area contributed by atoms with Crippen LogP contribution in [0.2, 0.25) is 0 Å². The Balaban J connectivity index is 1.34. The highest BCUT2D eigenvalue weighted by atomic mass is 16.2. The standard InChI is InChI=1S/C23H27N5O/c1-18-7-9-20(10-8-18)28-12-11-24-23(28)27-15-13-26(14-16-27)17-22(29)25-21-6-4-3-5-19(21)2/h3-12H,13-17H2,1-2H3,(H,25,29). The quantitative estimate of drug-likeness (QED) is 0.728. The Kier molecular flexibility index (Phi) is 5.62. The van der Waals surface area contributed by atoms with Crippen molar-refractivity contribution in [3.05, 3.63) is 72.1 Å². The number of aromatic nitrogens is 2. The van der Waals surface area contributed by atoms with Gasteiger partial charge in [0.2, 0.25) is 11.9 Å². The van der Waals surface area contributed by atoms with Crippen LogP contribution < -0.4 is 10.2 Å². The number of anilines is 2. The van der Waals surface area contributed by atoms with Crippen LogP contribution in [0.1, 0.15) is 11.1 Å². The molecule has 3 aromatic rings. The largest absolute Gasteiger partial charge is 0.339 e. The number of imidazole rings is 1. The maximum Gasteiger partial charge on any atom is 0.238 e. The van der Waals surface area contributed by atoms with E-state index in [1.54, 1.807) is 0 Å². The summed E-state index contributed by atoms with van der Waals surface area (Å²) in [5.41, 5.74) is 4.32. The van der Waals surface area contributed by atoms with Gasteiger partial charge in [0, 0.05) is 49.9 Å². The van der Waals surface area contributed by atoms with Crippen LogP contribution in [0.5, 0.6) is 0 Å². The highest BCUT2D eigenvalue weighted by Crippen LogP contribution is 2.20. The minimum atomic E-state index is 0.0360. The minimum Gasteiger partial charge on any atom is -0.339 e. The van der Waals surface area contributed by atoms with E-state index in [1.165, 1.54) is 5.56 Å². The zero-order valence-electron chi connectivity index (χ0n) is 17.0. The van der Waals surface area contributed by atoms with Crippen molar-refractivity contribution in [1.82, 2.24) is 14.5 Å².